The topological polar surface area (TPSA) is 80.3 Å². The fourth-order valence-corrected chi connectivity index (χ4v) is 2.86. The fraction of sp³-hybridized carbons (Fsp3) is 0.174. The molecule has 0 radical (unpaired) electrons. The average molecular weight is 389 g/mol. The molecule has 1 heterocycles. The van der Waals surface area contributed by atoms with Gasteiger partial charge in [0.25, 0.3) is 5.91 Å². The Morgan fingerprint density at radius 1 is 0.931 bits per heavy atom. The van der Waals surface area contributed by atoms with E-state index < -0.39 is 0 Å². The zero-order chi connectivity index (χ0) is 20.8. The number of nitrogens with zero attached hydrogens (tertiary/aromatic N) is 1. The predicted octanol–water partition coefficient (Wildman–Crippen LogP) is 4.87. The van der Waals surface area contributed by atoms with Gasteiger partial charge < -0.3 is 15.4 Å². The van der Waals surface area contributed by atoms with Gasteiger partial charge in [0.05, 0.1) is 24.1 Å². The van der Waals surface area contributed by atoms with Gasteiger partial charge in [-0.25, -0.2) is 9.78 Å². The van der Waals surface area contributed by atoms with Crippen LogP contribution in [0.4, 0.5) is 17.1 Å². The minimum absolute atomic E-state index is 0.298. The highest BCUT2D eigenvalue weighted by Crippen LogP contribution is 2.24. The molecule has 0 unspecified atom stereocenters. The fourth-order valence-electron chi connectivity index (χ4n) is 2.86. The molecule has 3 aromatic rings. The second-order valence-corrected chi connectivity index (χ2v) is 6.58. The van der Waals surface area contributed by atoms with Crippen LogP contribution in [0.25, 0.3) is 0 Å². The third kappa shape index (κ3) is 4.99. The molecule has 0 atom stereocenters. The van der Waals surface area contributed by atoms with Crippen molar-refractivity contribution in [2.24, 2.45) is 0 Å². The lowest BCUT2D eigenvalue weighted by molar-refractivity contribution is 0.0526. The molecular weight excluding hydrogens is 366 g/mol. The predicted molar refractivity (Wildman–Crippen MR) is 114 cm³/mol. The van der Waals surface area contributed by atoms with Crippen LogP contribution in [0.3, 0.4) is 0 Å². The Kier molecular flexibility index (Phi) is 6.24. The molecule has 0 saturated carbocycles. The third-order valence-electron chi connectivity index (χ3n) is 4.40. The first kappa shape index (κ1) is 20.1. The van der Waals surface area contributed by atoms with Crippen LogP contribution in [0.1, 0.15) is 38.9 Å². The van der Waals surface area contributed by atoms with Crippen molar-refractivity contribution in [2.75, 3.05) is 17.2 Å². The third-order valence-corrected chi connectivity index (χ3v) is 4.40. The van der Waals surface area contributed by atoms with Crippen LogP contribution in [0.2, 0.25) is 0 Å². The first-order valence-electron chi connectivity index (χ1n) is 9.35. The van der Waals surface area contributed by atoms with Crippen LogP contribution < -0.4 is 10.6 Å². The lowest BCUT2D eigenvalue weighted by Gasteiger charge is -2.12. The molecule has 148 valence electrons. The van der Waals surface area contributed by atoms with E-state index in [1.807, 2.05) is 38.1 Å². The number of para-hydroxylation sites is 1. The van der Waals surface area contributed by atoms with Gasteiger partial charge in [0.2, 0.25) is 0 Å². The number of esters is 1. The molecule has 0 saturated heterocycles. The molecule has 3 rings (SSSR count). The molecule has 6 nitrogen and oxygen atoms in total. The number of hydrogen-bond donors (Lipinski definition) is 2. The summed E-state index contributed by atoms with van der Waals surface area (Å²) in [5.41, 5.74) is 5.42. The lowest BCUT2D eigenvalue weighted by atomic mass is 10.1. The molecular formula is C23H23N3O3. The molecule has 1 amide bonds. The maximum atomic E-state index is 12.4. The van der Waals surface area contributed by atoms with Gasteiger partial charge in [0.15, 0.2) is 0 Å². The van der Waals surface area contributed by atoms with E-state index in [2.05, 4.69) is 15.6 Å². The Bertz CT molecular complexity index is 992. The summed E-state index contributed by atoms with van der Waals surface area (Å²) >= 11 is 0. The zero-order valence-corrected chi connectivity index (χ0v) is 16.7. The maximum Gasteiger partial charge on any atom is 0.338 e. The van der Waals surface area contributed by atoms with E-state index >= 15 is 0 Å². The van der Waals surface area contributed by atoms with Crippen molar-refractivity contribution >= 4 is 28.9 Å². The number of carbonyl (C=O) groups is 2. The number of anilines is 3. The van der Waals surface area contributed by atoms with Crippen LogP contribution >= 0.6 is 0 Å². The van der Waals surface area contributed by atoms with E-state index in [1.54, 1.807) is 43.5 Å². The van der Waals surface area contributed by atoms with Gasteiger partial charge in [-0.2, -0.15) is 0 Å². The van der Waals surface area contributed by atoms with Crippen molar-refractivity contribution in [3.63, 3.8) is 0 Å². The summed E-state index contributed by atoms with van der Waals surface area (Å²) in [7, 11) is 0. The standard InChI is InChI=1S/C23H23N3O3/c1-4-29-23(28)17-8-10-18(11-9-17)26-22(27)20-13-12-19(14-24-20)25-21-15(2)6-5-7-16(21)3/h5-14,25H,4H2,1-3H3,(H,26,27). The Balaban J connectivity index is 1.65. The van der Waals surface area contributed by atoms with Gasteiger partial charge in [-0.05, 0) is 68.3 Å². The second kappa shape index (κ2) is 9.01. The number of aromatic nitrogens is 1. The van der Waals surface area contributed by atoms with Crippen LogP contribution in [0.15, 0.2) is 60.8 Å². The number of benzene rings is 2. The van der Waals surface area contributed by atoms with Crippen LogP contribution in [-0.2, 0) is 4.74 Å². The zero-order valence-electron chi connectivity index (χ0n) is 16.7. The molecule has 0 spiro atoms. The quantitative estimate of drug-likeness (QED) is 0.588. The SMILES string of the molecule is CCOC(=O)c1ccc(NC(=O)c2ccc(Nc3c(C)cccc3C)cn2)cc1. The molecule has 0 aliphatic heterocycles. The van der Waals surface area contributed by atoms with E-state index in [0.717, 1.165) is 22.5 Å². The number of pyridine rings is 1. The van der Waals surface area contributed by atoms with Crippen LogP contribution in [0.5, 0.6) is 0 Å². The average Bonchev–Trinajstić information content (AvgIpc) is 2.72. The molecule has 0 aliphatic carbocycles. The van der Waals surface area contributed by atoms with E-state index in [0.29, 0.717) is 23.6 Å². The van der Waals surface area contributed by atoms with Crippen LogP contribution in [0, 0.1) is 13.8 Å². The highest BCUT2D eigenvalue weighted by atomic mass is 16.5. The number of aryl methyl sites for hydroxylation is 2. The van der Waals surface area contributed by atoms with Crippen LogP contribution in [-0.4, -0.2) is 23.5 Å². The molecule has 0 fully saturated rings. The molecule has 29 heavy (non-hydrogen) atoms. The summed E-state index contributed by atoms with van der Waals surface area (Å²) in [6, 6.07) is 16.1. The number of rotatable bonds is 6. The molecule has 1 aromatic heterocycles. The summed E-state index contributed by atoms with van der Waals surface area (Å²) in [5, 5.41) is 6.12. The normalized spacial score (nSPS) is 10.3. The molecule has 2 N–H and O–H groups in total. The number of hydrogen-bond acceptors (Lipinski definition) is 5. The Labute approximate surface area is 169 Å². The minimum Gasteiger partial charge on any atom is -0.462 e. The molecule has 2 aromatic carbocycles. The Hall–Kier alpha value is -3.67. The van der Waals surface area contributed by atoms with Crippen molar-refractivity contribution in [1.82, 2.24) is 4.98 Å². The van der Waals surface area contributed by atoms with Crippen molar-refractivity contribution in [1.29, 1.82) is 0 Å². The lowest BCUT2D eigenvalue weighted by Crippen LogP contribution is -2.14. The molecule has 0 bridgehead atoms. The van der Waals surface area contributed by atoms with Gasteiger partial charge in [0, 0.05) is 11.4 Å². The monoisotopic (exact) mass is 389 g/mol. The number of nitrogens with one attached hydrogen (secondary N) is 2. The first-order valence-corrected chi connectivity index (χ1v) is 9.35. The molecule has 6 heteroatoms. The van der Waals surface area contributed by atoms with Gasteiger partial charge in [0.1, 0.15) is 5.69 Å². The van der Waals surface area contributed by atoms with Crippen molar-refractivity contribution in [2.45, 2.75) is 20.8 Å². The first-order chi connectivity index (χ1) is 14.0. The van der Waals surface area contributed by atoms with Crippen molar-refractivity contribution in [3.8, 4) is 0 Å². The van der Waals surface area contributed by atoms with Gasteiger partial charge in [-0.3, -0.25) is 4.79 Å². The number of carbonyl (C=O) groups excluding carboxylic acids is 2. The van der Waals surface area contributed by atoms with Crippen molar-refractivity contribution < 1.29 is 14.3 Å². The Morgan fingerprint density at radius 2 is 1.59 bits per heavy atom. The molecule has 0 aliphatic rings. The highest BCUT2D eigenvalue weighted by Gasteiger charge is 2.10. The van der Waals surface area contributed by atoms with E-state index in [-0.39, 0.29) is 11.9 Å². The summed E-state index contributed by atoms with van der Waals surface area (Å²) in [4.78, 5) is 28.4. The van der Waals surface area contributed by atoms with Gasteiger partial charge >= 0.3 is 5.97 Å². The largest absolute Gasteiger partial charge is 0.462 e. The van der Waals surface area contributed by atoms with Crippen molar-refractivity contribution in [3.05, 3.63) is 83.2 Å². The summed E-state index contributed by atoms with van der Waals surface area (Å²) < 4.78 is 4.94. The van der Waals surface area contributed by atoms with E-state index in [4.69, 9.17) is 4.74 Å². The number of amides is 1. The van der Waals surface area contributed by atoms with Gasteiger partial charge in [-0.15, -0.1) is 0 Å². The second-order valence-electron chi connectivity index (χ2n) is 6.58. The summed E-state index contributed by atoms with van der Waals surface area (Å²) in [6.07, 6.45) is 1.63. The summed E-state index contributed by atoms with van der Waals surface area (Å²) in [5.74, 6) is -0.716. The summed E-state index contributed by atoms with van der Waals surface area (Å²) in [6.45, 7) is 6.15. The smallest absolute Gasteiger partial charge is 0.338 e. The number of ether oxygens (including phenoxy) is 1. The van der Waals surface area contributed by atoms with E-state index in [1.165, 1.54) is 0 Å². The van der Waals surface area contributed by atoms with E-state index in [9.17, 15) is 9.59 Å². The maximum absolute atomic E-state index is 12.4. The van der Waals surface area contributed by atoms with Gasteiger partial charge in [-0.1, -0.05) is 18.2 Å². The minimum atomic E-state index is -0.390. The highest BCUT2D eigenvalue weighted by molar-refractivity contribution is 6.03. The Morgan fingerprint density at radius 3 is 2.17 bits per heavy atom.